The monoisotopic (exact) mass is 160 g/mol. The highest BCUT2D eigenvalue weighted by atomic mass is 16.1. The normalized spacial score (nSPS) is 79.2. The topological polar surface area (TPSA) is 17.1 Å². The Hall–Kier alpha value is -0.330. The average Bonchev–Trinajstić information content (AvgIpc) is 2.37. The zero-order valence-corrected chi connectivity index (χ0v) is 6.94. The molecule has 6 fully saturated rings. The van der Waals surface area contributed by atoms with Gasteiger partial charge >= 0.3 is 0 Å². The van der Waals surface area contributed by atoms with E-state index in [0.29, 0.717) is 17.6 Å². The molecule has 0 amide bonds. The molecule has 4 bridgehead atoms. The fourth-order valence-electron chi connectivity index (χ4n) is 6.04. The van der Waals surface area contributed by atoms with Gasteiger partial charge in [-0.25, -0.2) is 0 Å². The van der Waals surface area contributed by atoms with Crippen LogP contribution in [0.2, 0.25) is 0 Å². The zero-order valence-electron chi connectivity index (χ0n) is 6.94. The van der Waals surface area contributed by atoms with E-state index in [-0.39, 0.29) is 0 Å². The van der Waals surface area contributed by atoms with Gasteiger partial charge in [0.15, 0.2) is 0 Å². The van der Waals surface area contributed by atoms with Crippen LogP contribution in [0.25, 0.3) is 0 Å². The van der Waals surface area contributed by atoms with E-state index >= 15 is 0 Å². The van der Waals surface area contributed by atoms with Crippen molar-refractivity contribution in [2.24, 2.45) is 47.3 Å². The van der Waals surface area contributed by atoms with Crippen LogP contribution in [0.5, 0.6) is 0 Å². The van der Waals surface area contributed by atoms with Gasteiger partial charge in [-0.15, -0.1) is 0 Å². The summed E-state index contributed by atoms with van der Waals surface area (Å²) in [5.41, 5.74) is 0. The second-order valence-electron chi connectivity index (χ2n) is 5.67. The van der Waals surface area contributed by atoms with Gasteiger partial charge in [0.05, 0.1) is 0 Å². The first-order chi connectivity index (χ1) is 5.89. The lowest BCUT2D eigenvalue weighted by molar-refractivity contribution is -0.268. The highest BCUT2D eigenvalue weighted by Crippen LogP contribution is 2.84. The van der Waals surface area contributed by atoms with Crippen molar-refractivity contribution in [2.45, 2.75) is 12.8 Å². The van der Waals surface area contributed by atoms with Crippen molar-refractivity contribution in [2.75, 3.05) is 0 Å². The van der Waals surface area contributed by atoms with E-state index in [4.69, 9.17) is 0 Å². The smallest absolute Gasteiger partial charge is 0.140 e. The maximum atomic E-state index is 11.8. The van der Waals surface area contributed by atoms with E-state index in [1.54, 1.807) is 0 Å². The highest BCUT2D eigenvalue weighted by molar-refractivity contribution is 5.92. The van der Waals surface area contributed by atoms with Crippen LogP contribution in [0.4, 0.5) is 0 Å². The Labute approximate surface area is 71.5 Å². The molecule has 12 heavy (non-hydrogen) atoms. The van der Waals surface area contributed by atoms with Crippen molar-refractivity contribution >= 4 is 5.78 Å². The fraction of sp³-hybridized carbons (Fsp3) is 0.909. The Balaban J connectivity index is 1.84. The van der Waals surface area contributed by atoms with Crippen molar-refractivity contribution in [1.29, 1.82) is 0 Å². The maximum Gasteiger partial charge on any atom is 0.140 e. The van der Waals surface area contributed by atoms with Crippen molar-refractivity contribution < 1.29 is 4.79 Å². The van der Waals surface area contributed by atoms with Gasteiger partial charge in [-0.3, -0.25) is 4.79 Å². The molecular formula is C11H12O. The van der Waals surface area contributed by atoms with Crippen LogP contribution < -0.4 is 0 Å². The third-order valence-corrected chi connectivity index (χ3v) is 6.01. The van der Waals surface area contributed by atoms with Gasteiger partial charge < -0.3 is 0 Å². The SMILES string of the molecule is O=C1C2C3CCC4C2C2C1C3C42. The van der Waals surface area contributed by atoms with E-state index in [9.17, 15) is 4.79 Å². The summed E-state index contributed by atoms with van der Waals surface area (Å²) in [5, 5.41) is 0. The van der Waals surface area contributed by atoms with Crippen molar-refractivity contribution in [3.8, 4) is 0 Å². The summed E-state index contributed by atoms with van der Waals surface area (Å²) >= 11 is 0. The molecule has 1 heteroatoms. The van der Waals surface area contributed by atoms with Crippen LogP contribution >= 0.6 is 0 Å². The van der Waals surface area contributed by atoms with Crippen molar-refractivity contribution in [3.05, 3.63) is 0 Å². The second kappa shape index (κ2) is 1.21. The Morgan fingerprint density at radius 3 is 2.25 bits per heavy atom. The lowest BCUT2D eigenvalue weighted by Gasteiger charge is -2.73. The van der Waals surface area contributed by atoms with Gasteiger partial charge in [0.1, 0.15) is 5.78 Å². The van der Waals surface area contributed by atoms with E-state index in [1.807, 2.05) is 0 Å². The molecule has 0 aliphatic heterocycles. The summed E-state index contributed by atoms with van der Waals surface area (Å²) in [7, 11) is 0. The van der Waals surface area contributed by atoms with Gasteiger partial charge in [0.25, 0.3) is 0 Å². The van der Waals surface area contributed by atoms with Crippen LogP contribution in [0, 0.1) is 47.3 Å². The molecule has 0 N–H and O–H groups in total. The molecular weight excluding hydrogens is 148 g/mol. The molecule has 0 heterocycles. The molecule has 62 valence electrons. The van der Waals surface area contributed by atoms with E-state index in [0.717, 1.165) is 35.5 Å². The Bertz CT molecular complexity index is 317. The molecule has 6 aliphatic carbocycles. The predicted molar refractivity (Wildman–Crippen MR) is 42.2 cm³/mol. The lowest BCUT2D eigenvalue weighted by Crippen LogP contribution is -2.70. The molecule has 1 nitrogen and oxygen atoms in total. The quantitative estimate of drug-likeness (QED) is 0.522. The summed E-state index contributed by atoms with van der Waals surface area (Å²) in [6.45, 7) is 0. The van der Waals surface area contributed by atoms with Crippen LogP contribution in [-0.4, -0.2) is 5.78 Å². The minimum absolute atomic E-state index is 0.591. The third kappa shape index (κ3) is 0.262. The molecule has 8 unspecified atom stereocenters. The van der Waals surface area contributed by atoms with Gasteiger partial charge in [-0.05, 0) is 48.3 Å². The molecule has 0 aromatic carbocycles. The summed E-state index contributed by atoms with van der Waals surface area (Å²) < 4.78 is 0. The third-order valence-electron chi connectivity index (χ3n) is 6.01. The maximum absolute atomic E-state index is 11.8. The summed E-state index contributed by atoms with van der Waals surface area (Å²) in [6, 6.07) is 0. The van der Waals surface area contributed by atoms with Gasteiger partial charge in [0, 0.05) is 11.8 Å². The predicted octanol–water partition coefficient (Wildman–Crippen LogP) is 1.33. The van der Waals surface area contributed by atoms with Crippen LogP contribution in [0.3, 0.4) is 0 Å². The lowest BCUT2D eigenvalue weighted by atomic mass is 9.30. The average molecular weight is 160 g/mol. The first-order valence-corrected chi connectivity index (χ1v) is 5.43. The number of fused-ring (bicyclic) bond motifs is 1. The molecule has 0 saturated heterocycles. The molecule has 0 radical (unpaired) electrons. The molecule has 6 saturated carbocycles. The molecule has 8 atom stereocenters. The Morgan fingerprint density at radius 1 is 0.833 bits per heavy atom. The summed E-state index contributed by atoms with van der Waals surface area (Å²) in [6.07, 6.45) is 2.88. The molecule has 0 aromatic heterocycles. The number of ketones is 1. The first kappa shape index (κ1) is 5.41. The Morgan fingerprint density at radius 2 is 1.58 bits per heavy atom. The van der Waals surface area contributed by atoms with Crippen LogP contribution in [0.1, 0.15) is 12.8 Å². The molecule has 6 aliphatic rings. The van der Waals surface area contributed by atoms with Crippen LogP contribution in [-0.2, 0) is 4.79 Å². The second-order valence-corrected chi connectivity index (χ2v) is 5.67. The van der Waals surface area contributed by atoms with Gasteiger partial charge in [-0.1, -0.05) is 0 Å². The summed E-state index contributed by atoms with van der Waals surface area (Å²) in [4.78, 5) is 11.8. The fourth-order valence-corrected chi connectivity index (χ4v) is 6.04. The minimum atomic E-state index is 0.591. The number of Topliss-reactive ketones (excluding diaryl/α,β-unsaturated/α-hetero) is 1. The van der Waals surface area contributed by atoms with E-state index in [1.165, 1.54) is 12.8 Å². The highest BCUT2D eigenvalue weighted by Gasteiger charge is 2.84. The number of carbonyl (C=O) groups excluding carboxylic acids is 1. The van der Waals surface area contributed by atoms with Crippen LogP contribution in [0.15, 0.2) is 0 Å². The van der Waals surface area contributed by atoms with Gasteiger partial charge in [0.2, 0.25) is 0 Å². The zero-order chi connectivity index (χ0) is 7.61. The number of rotatable bonds is 0. The standard InChI is InChI=1S/C11H12O/c12-11-8-4-2-1-3-5-6(4)10(11)9(5)7(3)8/h3-10H,1-2H2. The number of hydrogen-bond acceptors (Lipinski definition) is 1. The number of hydrogen-bond donors (Lipinski definition) is 0. The molecule has 0 spiro atoms. The summed E-state index contributed by atoms with van der Waals surface area (Å²) in [5.74, 6) is 7.62. The van der Waals surface area contributed by atoms with E-state index < -0.39 is 0 Å². The van der Waals surface area contributed by atoms with Gasteiger partial charge in [-0.2, -0.15) is 0 Å². The molecule has 0 aromatic rings. The van der Waals surface area contributed by atoms with E-state index in [2.05, 4.69) is 0 Å². The van der Waals surface area contributed by atoms with Crippen molar-refractivity contribution in [1.82, 2.24) is 0 Å². The minimum Gasteiger partial charge on any atom is -0.299 e. The molecule has 6 rings (SSSR count). The number of carbonyl (C=O) groups is 1. The van der Waals surface area contributed by atoms with Crippen molar-refractivity contribution in [3.63, 3.8) is 0 Å². The first-order valence-electron chi connectivity index (χ1n) is 5.43. The Kier molecular flexibility index (Phi) is 0.547. The largest absolute Gasteiger partial charge is 0.299 e.